The predicted molar refractivity (Wildman–Crippen MR) is 76.5 cm³/mol. The first kappa shape index (κ1) is 15.0. The Morgan fingerprint density at radius 3 is 2.67 bits per heavy atom. The lowest BCUT2D eigenvalue weighted by atomic mass is 10.0. The van der Waals surface area contributed by atoms with Crippen molar-refractivity contribution in [3.05, 3.63) is 34.9 Å². The fourth-order valence-electron chi connectivity index (χ4n) is 2.17. The molecule has 1 aliphatic heterocycles. The van der Waals surface area contributed by atoms with Crippen molar-refractivity contribution in [3.8, 4) is 0 Å². The molecule has 18 heavy (non-hydrogen) atoms. The van der Waals surface area contributed by atoms with Crippen molar-refractivity contribution >= 4 is 18.3 Å². The van der Waals surface area contributed by atoms with Gasteiger partial charge in [0.2, 0.25) is 0 Å². The Bertz CT molecular complexity index is 434. The van der Waals surface area contributed by atoms with Crippen LogP contribution in [-0.2, 0) is 0 Å². The molecule has 3 nitrogen and oxygen atoms in total. The van der Waals surface area contributed by atoms with Crippen LogP contribution in [0.1, 0.15) is 28.4 Å². The van der Waals surface area contributed by atoms with E-state index in [9.17, 15) is 4.79 Å². The zero-order valence-corrected chi connectivity index (χ0v) is 12.0. The van der Waals surface area contributed by atoms with E-state index in [2.05, 4.69) is 19.2 Å². The summed E-state index contributed by atoms with van der Waals surface area (Å²) < 4.78 is 0. The lowest BCUT2D eigenvalue weighted by molar-refractivity contribution is 0.0709. The van der Waals surface area contributed by atoms with E-state index < -0.39 is 0 Å². The Hall–Kier alpha value is -1.06. The van der Waals surface area contributed by atoms with Crippen molar-refractivity contribution in [2.24, 2.45) is 0 Å². The Kier molecular flexibility index (Phi) is 5.17. The van der Waals surface area contributed by atoms with Gasteiger partial charge in [0, 0.05) is 31.2 Å². The van der Waals surface area contributed by atoms with Gasteiger partial charge in [-0.05, 0) is 44.0 Å². The first-order valence-electron chi connectivity index (χ1n) is 6.18. The number of hydrogen-bond acceptors (Lipinski definition) is 2. The quantitative estimate of drug-likeness (QED) is 0.847. The molecular weight excluding hydrogens is 248 g/mol. The standard InChI is InChI=1S/C14H20N2O.ClH/c1-10-4-5-13(8-11(10)2)14(17)16-7-6-15-12(3)9-16;/h4-5,8,12,15H,6-7,9H2,1-3H3;1H. The van der Waals surface area contributed by atoms with Gasteiger partial charge in [-0.2, -0.15) is 0 Å². The third kappa shape index (κ3) is 3.24. The minimum Gasteiger partial charge on any atom is -0.336 e. The second-order valence-electron chi connectivity index (χ2n) is 4.91. The third-order valence-corrected chi connectivity index (χ3v) is 3.41. The maximum atomic E-state index is 12.3. The summed E-state index contributed by atoms with van der Waals surface area (Å²) in [7, 11) is 0. The minimum atomic E-state index is 0. The molecule has 1 aliphatic rings. The Morgan fingerprint density at radius 2 is 2.06 bits per heavy atom. The average molecular weight is 269 g/mol. The maximum Gasteiger partial charge on any atom is 0.253 e. The molecule has 1 aromatic carbocycles. The van der Waals surface area contributed by atoms with Crippen molar-refractivity contribution in [3.63, 3.8) is 0 Å². The first-order valence-corrected chi connectivity index (χ1v) is 6.18. The molecular formula is C14H21ClN2O. The molecule has 1 fully saturated rings. The molecule has 1 saturated heterocycles. The minimum absolute atomic E-state index is 0. The highest BCUT2D eigenvalue weighted by Gasteiger charge is 2.21. The summed E-state index contributed by atoms with van der Waals surface area (Å²) in [5.41, 5.74) is 3.22. The number of halogens is 1. The van der Waals surface area contributed by atoms with Crippen LogP contribution in [0.5, 0.6) is 0 Å². The van der Waals surface area contributed by atoms with Crippen LogP contribution in [0.25, 0.3) is 0 Å². The number of hydrogen-bond donors (Lipinski definition) is 1. The van der Waals surface area contributed by atoms with Crippen LogP contribution in [-0.4, -0.2) is 36.5 Å². The number of amides is 1. The second-order valence-corrected chi connectivity index (χ2v) is 4.91. The Morgan fingerprint density at radius 1 is 1.33 bits per heavy atom. The molecule has 1 N–H and O–H groups in total. The summed E-state index contributed by atoms with van der Waals surface area (Å²) in [5.74, 6) is 0.154. The molecule has 0 radical (unpaired) electrons. The molecule has 4 heteroatoms. The molecule has 2 rings (SSSR count). The first-order chi connectivity index (χ1) is 8.08. The van der Waals surface area contributed by atoms with E-state index in [0.717, 1.165) is 25.2 Å². The van der Waals surface area contributed by atoms with Gasteiger partial charge >= 0.3 is 0 Å². The molecule has 0 bridgehead atoms. The zero-order valence-electron chi connectivity index (χ0n) is 11.2. The average Bonchev–Trinajstić information content (AvgIpc) is 2.32. The predicted octanol–water partition coefficient (Wildman–Crippen LogP) is 2.16. The summed E-state index contributed by atoms with van der Waals surface area (Å²) in [4.78, 5) is 14.2. The van der Waals surface area contributed by atoms with Crippen molar-refractivity contribution in [1.82, 2.24) is 10.2 Å². The number of carbonyl (C=O) groups is 1. The summed E-state index contributed by atoms with van der Waals surface area (Å²) in [5, 5.41) is 3.34. The zero-order chi connectivity index (χ0) is 12.4. The van der Waals surface area contributed by atoms with Gasteiger partial charge < -0.3 is 10.2 Å². The van der Waals surface area contributed by atoms with Crippen LogP contribution in [0.3, 0.4) is 0 Å². The van der Waals surface area contributed by atoms with E-state index >= 15 is 0 Å². The summed E-state index contributed by atoms with van der Waals surface area (Å²) in [6.45, 7) is 8.71. The van der Waals surface area contributed by atoms with E-state index in [1.54, 1.807) is 0 Å². The fraction of sp³-hybridized carbons (Fsp3) is 0.500. The van der Waals surface area contributed by atoms with E-state index in [-0.39, 0.29) is 18.3 Å². The smallest absolute Gasteiger partial charge is 0.253 e. The van der Waals surface area contributed by atoms with Crippen LogP contribution < -0.4 is 5.32 Å². The molecule has 1 aromatic rings. The maximum absolute atomic E-state index is 12.3. The van der Waals surface area contributed by atoms with Gasteiger partial charge in [-0.3, -0.25) is 4.79 Å². The highest BCUT2D eigenvalue weighted by atomic mass is 35.5. The van der Waals surface area contributed by atoms with Crippen LogP contribution in [0.4, 0.5) is 0 Å². The summed E-state index contributed by atoms with van der Waals surface area (Å²) in [6.07, 6.45) is 0. The number of carbonyl (C=O) groups excluding carboxylic acids is 1. The second kappa shape index (κ2) is 6.21. The van der Waals surface area contributed by atoms with E-state index in [1.165, 1.54) is 11.1 Å². The molecule has 0 aliphatic carbocycles. The van der Waals surface area contributed by atoms with Crippen molar-refractivity contribution in [1.29, 1.82) is 0 Å². The monoisotopic (exact) mass is 268 g/mol. The van der Waals surface area contributed by atoms with Gasteiger partial charge in [0.25, 0.3) is 5.91 Å². The molecule has 1 unspecified atom stereocenters. The lowest BCUT2D eigenvalue weighted by Gasteiger charge is -2.32. The van der Waals surface area contributed by atoms with Crippen LogP contribution in [0, 0.1) is 13.8 Å². The Balaban J connectivity index is 0.00000162. The molecule has 0 spiro atoms. The Labute approximate surface area is 115 Å². The highest BCUT2D eigenvalue weighted by molar-refractivity contribution is 5.94. The fourth-order valence-corrected chi connectivity index (χ4v) is 2.17. The number of rotatable bonds is 1. The van der Waals surface area contributed by atoms with Crippen molar-refractivity contribution in [2.75, 3.05) is 19.6 Å². The molecule has 1 heterocycles. The number of piperazine rings is 1. The number of nitrogens with zero attached hydrogens (tertiary/aromatic N) is 1. The summed E-state index contributed by atoms with van der Waals surface area (Å²) in [6, 6.07) is 6.33. The van der Waals surface area contributed by atoms with Gasteiger partial charge in [0.05, 0.1) is 0 Å². The molecule has 0 aromatic heterocycles. The van der Waals surface area contributed by atoms with Gasteiger partial charge in [-0.1, -0.05) is 6.07 Å². The van der Waals surface area contributed by atoms with E-state index in [0.29, 0.717) is 6.04 Å². The molecule has 0 saturated carbocycles. The normalized spacial score (nSPS) is 19.3. The van der Waals surface area contributed by atoms with E-state index in [4.69, 9.17) is 0 Å². The highest BCUT2D eigenvalue weighted by Crippen LogP contribution is 2.13. The van der Waals surface area contributed by atoms with Gasteiger partial charge in [0.1, 0.15) is 0 Å². The van der Waals surface area contributed by atoms with Gasteiger partial charge in [0.15, 0.2) is 0 Å². The van der Waals surface area contributed by atoms with Crippen LogP contribution >= 0.6 is 12.4 Å². The number of nitrogens with one attached hydrogen (secondary N) is 1. The lowest BCUT2D eigenvalue weighted by Crippen LogP contribution is -2.51. The van der Waals surface area contributed by atoms with Gasteiger partial charge in [-0.15, -0.1) is 12.4 Å². The molecule has 100 valence electrons. The van der Waals surface area contributed by atoms with Crippen molar-refractivity contribution < 1.29 is 4.79 Å². The largest absolute Gasteiger partial charge is 0.336 e. The van der Waals surface area contributed by atoms with Crippen LogP contribution in [0.15, 0.2) is 18.2 Å². The topological polar surface area (TPSA) is 32.3 Å². The number of aryl methyl sites for hydroxylation is 2. The molecule has 1 atom stereocenters. The number of benzene rings is 1. The SMILES string of the molecule is Cc1ccc(C(=O)N2CCNC(C)C2)cc1C.Cl. The van der Waals surface area contributed by atoms with Gasteiger partial charge in [-0.25, -0.2) is 0 Å². The molecule has 1 amide bonds. The summed E-state index contributed by atoms with van der Waals surface area (Å²) >= 11 is 0. The van der Waals surface area contributed by atoms with E-state index in [1.807, 2.05) is 30.0 Å². The third-order valence-electron chi connectivity index (χ3n) is 3.41. The van der Waals surface area contributed by atoms with Crippen LogP contribution in [0.2, 0.25) is 0 Å². The van der Waals surface area contributed by atoms with Crippen molar-refractivity contribution in [2.45, 2.75) is 26.8 Å².